The van der Waals surface area contributed by atoms with Gasteiger partial charge in [0.15, 0.2) is 11.8 Å². The zero-order valence-electron chi connectivity index (χ0n) is 31.8. The predicted octanol–water partition coefficient (Wildman–Crippen LogP) is 14.4. The van der Waals surface area contributed by atoms with Gasteiger partial charge in [0.05, 0.1) is 25.4 Å². The van der Waals surface area contributed by atoms with Crippen LogP contribution in [0.15, 0.2) is 72.8 Å². The molecular weight excluding hydrogens is 982 g/mol. The second-order valence-electron chi connectivity index (χ2n) is 11.3. The number of carbonyl (C=O) groups excluding carboxylic acids is 2. The summed E-state index contributed by atoms with van der Waals surface area (Å²) in [7, 11) is -21.3. The Morgan fingerprint density at radius 2 is 0.629 bits per heavy atom. The van der Waals surface area contributed by atoms with E-state index in [0.717, 1.165) is 0 Å². The number of carbonyl (C=O) groups is 2. The van der Waals surface area contributed by atoms with E-state index in [-0.39, 0.29) is 47.4 Å². The van der Waals surface area contributed by atoms with E-state index in [2.05, 4.69) is 0 Å². The molecular formula is C38H34F12Fe2N2O6P2-2. The van der Waals surface area contributed by atoms with Gasteiger partial charge in [-0.3, -0.25) is 9.59 Å². The first-order valence-electron chi connectivity index (χ1n) is 16.6. The van der Waals surface area contributed by atoms with E-state index in [0.29, 0.717) is 34.1 Å². The molecule has 0 bridgehead atoms. The first kappa shape index (κ1) is 60.3. The number of nitrogens with zero attached hydrogens (tertiary/aromatic N) is 2. The molecule has 0 aliphatic heterocycles. The van der Waals surface area contributed by atoms with Crippen molar-refractivity contribution in [3.63, 3.8) is 0 Å². The van der Waals surface area contributed by atoms with Gasteiger partial charge in [-0.05, 0) is 138 Å². The topological polar surface area (TPSA) is 119 Å². The SMILES string of the molecule is CCOC(=O)C(C#N)c1ccc(Oc2ccc(Oc3ccc(C(C#N)C(=O)OCC)cc3)cc2)cc1.F[P-](F)(F)(F)(F)F.F[P-](F)(F)(F)(F)F.[CH]1[CH][CH][CH][CH]1.[CH]1[CH][CH][CH][CH]1.[Fe].[Fe]. The number of esters is 2. The maximum atomic E-state index is 11.9. The van der Waals surface area contributed by atoms with Crippen molar-refractivity contribution in [3.05, 3.63) is 148 Å². The number of rotatable bonds is 10. The zero-order chi connectivity index (χ0) is 45.8. The molecule has 0 amide bonds. The summed E-state index contributed by atoms with van der Waals surface area (Å²) in [5.41, 5.74) is 1.06. The molecule has 0 saturated heterocycles. The van der Waals surface area contributed by atoms with Crippen molar-refractivity contribution in [3.8, 4) is 35.1 Å². The molecule has 8 nitrogen and oxygen atoms in total. The van der Waals surface area contributed by atoms with Crippen LogP contribution < -0.4 is 9.47 Å². The molecule has 5 rings (SSSR count). The molecule has 62 heavy (non-hydrogen) atoms. The van der Waals surface area contributed by atoms with Crippen LogP contribution in [-0.2, 0) is 53.2 Å². The molecule has 2 unspecified atom stereocenters. The number of hydrogen-bond donors (Lipinski definition) is 0. The van der Waals surface area contributed by atoms with Gasteiger partial charge in [-0.15, -0.1) is 0 Å². The number of benzene rings is 3. The number of ether oxygens (including phenoxy) is 4. The van der Waals surface area contributed by atoms with Crippen molar-refractivity contribution in [2.24, 2.45) is 0 Å². The molecule has 3 aromatic carbocycles. The van der Waals surface area contributed by atoms with Crippen LogP contribution in [-0.4, -0.2) is 25.2 Å². The third kappa shape index (κ3) is 34.8. The monoisotopic (exact) mass is 1020 g/mol. The van der Waals surface area contributed by atoms with Crippen molar-refractivity contribution in [2.75, 3.05) is 13.2 Å². The molecule has 10 radical (unpaired) electrons. The van der Waals surface area contributed by atoms with Crippen LogP contribution in [0.4, 0.5) is 50.4 Å². The average Bonchev–Trinajstić information content (AvgIpc) is 3.90. The third-order valence-corrected chi connectivity index (χ3v) is 6.14. The fourth-order valence-electron chi connectivity index (χ4n) is 3.92. The van der Waals surface area contributed by atoms with E-state index in [1.807, 2.05) is 76.3 Å². The van der Waals surface area contributed by atoms with E-state index in [1.165, 1.54) is 0 Å². The fraction of sp³-hybridized carbons (Fsp3) is 0.158. The minimum absolute atomic E-state index is 0. The van der Waals surface area contributed by atoms with E-state index >= 15 is 0 Å². The standard InChI is InChI=1S/C28H24N2O6.2C5H5.2F6P.2Fe/c1-3-33-27(31)25(17-29)19-5-9-21(10-6-19)35-23-13-15-24(16-14-23)36-22-11-7-20(8-12-22)26(18-30)28(32)34-4-2;2*1-2-4-5-3-1;2*1-7(2,3,4,5)6;;/h5-16,25-26H,3-4H2,1-2H3;2*1-5H;;;;/q;;;2*-1;;. The molecule has 344 valence electrons. The van der Waals surface area contributed by atoms with Gasteiger partial charge in [-0.1, -0.05) is 24.3 Å². The maximum Gasteiger partial charge on any atom is 0 e. The molecule has 2 aliphatic rings. The summed E-state index contributed by atoms with van der Waals surface area (Å²) in [4.78, 5) is 23.8. The summed E-state index contributed by atoms with van der Waals surface area (Å²) in [5.74, 6) is -0.918. The Balaban J connectivity index is 0. The van der Waals surface area contributed by atoms with Crippen molar-refractivity contribution < 1.29 is 113 Å². The summed E-state index contributed by atoms with van der Waals surface area (Å²) in [6, 6.07) is 24.2. The van der Waals surface area contributed by atoms with E-state index in [9.17, 15) is 70.5 Å². The maximum absolute atomic E-state index is 11.9. The zero-order valence-corrected chi connectivity index (χ0v) is 35.7. The summed E-state index contributed by atoms with van der Waals surface area (Å²) in [5, 5.41) is 18.6. The van der Waals surface area contributed by atoms with Gasteiger partial charge in [0.2, 0.25) is 0 Å². The van der Waals surface area contributed by atoms with Crippen molar-refractivity contribution in [2.45, 2.75) is 25.7 Å². The Bertz CT molecular complexity index is 1710. The Morgan fingerprint density at radius 1 is 0.452 bits per heavy atom. The number of nitriles is 2. The molecule has 0 aromatic heterocycles. The van der Waals surface area contributed by atoms with Crippen molar-refractivity contribution in [1.82, 2.24) is 0 Å². The van der Waals surface area contributed by atoms with Crippen LogP contribution >= 0.6 is 15.6 Å². The first-order valence-corrected chi connectivity index (χ1v) is 20.7. The Labute approximate surface area is 372 Å². The van der Waals surface area contributed by atoms with Crippen LogP contribution in [0.1, 0.15) is 36.8 Å². The largest absolute Gasteiger partial charge is 0.0312 e. The van der Waals surface area contributed by atoms with Gasteiger partial charge in [0, 0.05) is 34.1 Å². The fourth-order valence-corrected chi connectivity index (χ4v) is 3.92. The van der Waals surface area contributed by atoms with E-state index < -0.39 is 39.4 Å². The van der Waals surface area contributed by atoms with Gasteiger partial charge < -0.3 is 18.9 Å². The van der Waals surface area contributed by atoms with E-state index in [4.69, 9.17) is 18.9 Å². The molecule has 24 heteroatoms. The minimum atomic E-state index is -10.7. The molecule has 0 N–H and O–H groups in total. The van der Waals surface area contributed by atoms with Gasteiger partial charge in [-0.2, -0.15) is 10.5 Å². The second kappa shape index (κ2) is 24.3. The predicted molar refractivity (Wildman–Crippen MR) is 200 cm³/mol. The van der Waals surface area contributed by atoms with Gasteiger partial charge in [0.1, 0.15) is 23.0 Å². The van der Waals surface area contributed by atoms with Crippen molar-refractivity contribution in [1.29, 1.82) is 10.5 Å². The van der Waals surface area contributed by atoms with Gasteiger partial charge in [-0.25, -0.2) is 0 Å². The molecule has 3 aromatic rings. The Morgan fingerprint density at radius 3 is 0.790 bits per heavy atom. The summed E-state index contributed by atoms with van der Waals surface area (Å²) < 4.78 is 140. The van der Waals surface area contributed by atoms with Crippen LogP contribution in [0, 0.1) is 86.9 Å². The molecule has 2 fully saturated rings. The normalized spacial score (nSPS) is 15.9. The summed E-state index contributed by atoms with van der Waals surface area (Å²) in [6.07, 6.45) is 20.0. The third-order valence-electron chi connectivity index (χ3n) is 6.14. The first-order chi connectivity index (χ1) is 27.4. The average molecular weight is 1020 g/mol. The van der Waals surface area contributed by atoms with E-state index in [1.54, 1.807) is 86.6 Å². The number of hydrogen-bond acceptors (Lipinski definition) is 8. The Kier molecular flexibility index (Phi) is 23.7. The summed E-state index contributed by atoms with van der Waals surface area (Å²) in [6.45, 7) is 3.80. The smallest absolute Gasteiger partial charge is 0 e. The van der Waals surface area contributed by atoms with Gasteiger partial charge in [0.25, 0.3) is 0 Å². The van der Waals surface area contributed by atoms with Crippen LogP contribution in [0.25, 0.3) is 0 Å². The van der Waals surface area contributed by atoms with Crippen LogP contribution in [0.3, 0.4) is 0 Å². The van der Waals surface area contributed by atoms with Gasteiger partial charge >= 0.3 is 77.9 Å². The number of halogens is 12. The van der Waals surface area contributed by atoms with Crippen molar-refractivity contribution >= 4 is 27.6 Å². The molecule has 2 saturated carbocycles. The summed E-state index contributed by atoms with van der Waals surface area (Å²) >= 11 is 0. The molecule has 0 spiro atoms. The minimum Gasteiger partial charge on any atom is -0.0312 e. The molecule has 2 atom stereocenters. The van der Waals surface area contributed by atoms with Crippen LogP contribution in [0.5, 0.6) is 23.0 Å². The quantitative estimate of drug-likeness (QED) is 0.0853. The molecule has 0 heterocycles. The molecule has 2 aliphatic carbocycles. The van der Waals surface area contributed by atoms with Crippen LogP contribution in [0.2, 0.25) is 0 Å². The second-order valence-corrected chi connectivity index (χ2v) is 15.1. The Hall–Kier alpha value is -3.76.